The highest BCUT2D eigenvalue weighted by Crippen LogP contribution is 2.21. The maximum Gasteiger partial charge on any atom is 0.340 e. The highest BCUT2D eigenvalue weighted by Gasteiger charge is 2.18. The molecule has 1 rings (SSSR count). The number of anilines is 1. The van der Waals surface area contributed by atoms with Crippen LogP contribution in [0.5, 0.6) is 0 Å². The van der Waals surface area contributed by atoms with Crippen LogP contribution in [0.1, 0.15) is 16.8 Å². The fraction of sp³-hybridized carbons (Fsp3) is 0.182. The van der Waals surface area contributed by atoms with Gasteiger partial charge in [-0.05, 0) is 6.07 Å². The number of carbonyl (C=O) groups is 2. The molecule has 0 aliphatic rings. The maximum atomic E-state index is 13.0. The van der Waals surface area contributed by atoms with Crippen molar-refractivity contribution in [1.82, 2.24) is 0 Å². The lowest BCUT2D eigenvalue weighted by atomic mass is 10.1. The molecule has 1 N–H and O–H groups in total. The average molecular weight is 254 g/mol. The number of ether oxygens (including phenoxy) is 1. The number of carbonyl (C=O) groups excluding carboxylic acids is 2. The van der Waals surface area contributed by atoms with E-state index < -0.39 is 29.9 Å². The second-order valence-corrected chi connectivity index (χ2v) is 3.19. The first-order chi connectivity index (χ1) is 8.49. The number of nitrogens with zero attached hydrogens (tertiary/aromatic N) is 1. The highest BCUT2D eigenvalue weighted by atomic mass is 19.2. The summed E-state index contributed by atoms with van der Waals surface area (Å²) in [5.41, 5.74) is -0.580. The lowest BCUT2D eigenvalue weighted by molar-refractivity contribution is -0.115. The summed E-state index contributed by atoms with van der Waals surface area (Å²) in [5.74, 6) is -4.14. The molecule has 0 aliphatic heterocycles. The Balaban J connectivity index is 3.16. The van der Waals surface area contributed by atoms with E-state index in [0.29, 0.717) is 12.1 Å². The van der Waals surface area contributed by atoms with Crippen LogP contribution in [0.15, 0.2) is 12.1 Å². The molecule has 1 aromatic rings. The van der Waals surface area contributed by atoms with E-state index in [1.54, 1.807) is 6.07 Å². The van der Waals surface area contributed by atoms with Crippen molar-refractivity contribution in [1.29, 1.82) is 5.26 Å². The molecule has 0 fully saturated rings. The molecule has 7 heteroatoms. The Morgan fingerprint density at radius 3 is 2.56 bits per heavy atom. The number of nitriles is 1. The summed E-state index contributed by atoms with van der Waals surface area (Å²) >= 11 is 0. The van der Waals surface area contributed by atoms with Gasteiger partial charge in [0.15, 0.2) is 11.6 Å². The van der Waals surface area contributed by atoms with E-state index >= 15 is 0 Å². The predicted molar refractivity (Wildman–Crippen MR) is 56.6 cm³/mol. The normalized spacial score (nSPS) is 9.44. The molecule has 0 bridgehead atoms. The largest absolute Gasteiger partial charge is 0.465 e. The fourth-order valence-electron chi connectivity index (χ4n) is 1.20. The van der Waals surface area contributed by atoms with Crippen LogP contribution < -0.4 is 5.32 Å². The van der Waals surface area contributed by atoms with Crippen LogP contribution in [-0.2, 0) is 9.53 Å². The monoisotopic (exact) mass is 254 g/mol. The quantitative estimate of drug-likeness (QED) is 0.831. The molecule has 0 aliphatic carbocycles. The van der Waals surface area contributed by atoms with Crippen molar-refractivity contribution >= 4 is 17.6 Å². The second-order valence-electron chi connectivity index (χ2n) is 3.19. The Morgan fingerprint density at radius 2 is 2.00 bits per heavy atom. The Bertz CT molecular complexity index is 538. The topological polar surface area (TPSA) is 79.2 Å². The van der Waals surface area contributed by atoms with E-state index in [-0.39, 0.29) is 11.3 Å². The first kappa shape index (κ1) is 13.6. The average Bonchev–Trinajstić information content (AvgIpc) is 2.32. The minimum Gasteiger partial charge on any atom is -0.465 e. The lowest BCUT2D eigenvalue weighted by Crippen LogP contribution is -2.15. The molecular formula is C11H8F2N2O3. The van der Waals surface area contributed by atoms with Gasteiger partial charge in [0.1, 0.15) is 6.42 Å². The SMILES string of the molecule is COC(=O)c1cc(F)c(F)cc1NC(=O)CC#N. The first-order valence-corrected chi connectivity index (χ1v) is 4.73. The molecule has 0 heterocycles. The van der Waals surface area contributed by atoms with Gasteiger partial charge in [-0.1, -0.05) is 0 Å². The molecule has 0 aromatic heterocycles. The minimum absolute atomic E-state index is 0.249. The standard InChI is InChI=1S/C11H8F2N2O3/c1-18-11(17)6-4-7(12)8(13)5-9(6)15-10(16)2-3-14/h4-5H,2H2,1H3,(H,15,16). The van der Waals surface area contributed by atoms with E-state index in [9.17, 15) is 18.4 Å². The van der Waals surface area contributed by atoms with E-state index in [1.807, 2.05) is 0 Å². The van der Waals surface area contributed by atoms with Gasteiger partial charge in [0, 0.05) is 6.07 Å². The van der Waals surface area contributed by atoms with Crippen molar-refractivity contribution in [2.75, 3.05) is 12.4 Å². The van der Waals surface area contributed by atoms with Crippen molar-refractivity contribution in [3.8, 4) is 6.07 Å². The van der Waals surface area contributed by atoms with Gasteiger partial charge in [0.25, 0.3) is 0 Å². The summed E-state index contributed by atoms with van der Waals surface area (Å²) in [4.78, 5) is 22.5. The molecule has 0 saturated carbocycles. The van der Waals surface area contributed by atoms with Crippen LogP contribution in [0.25, 0.3) is 0 Å². The molecule has 0 spiro atoms. The zero-order valence-electron chi connectivity index (χ0n) is 9.29. The van der Waals surface area contributed by atoms with Gasteiger partial charge in [-0.15, -0.1) is 0 Å². The molecule has 5 nitrogen and oxygen atoms in total. The molecular weight excluding hydrogens is 246 g/mol. The van der Waals surface area contributed by atoms with E-state index in [2.05, 4.69) is 10.1 Å². The van der Waals surface area contributed by atoms with Crippen molar-refractivity contribution < 1.29 is 23.1 Å². The summed E-state index contributed by atoms with van der Waals surface area (Å²) in [6.45, 7) is 0. The molecule has 0 radical (unpaired) electrons. The summed E-state index contributed by atoms with van der Waals surface area (Å²) in [5, 5.41) is 10.4. The van der Waals surface area contributed by atoms with E-state index in [0.717, 1.165) is 7.11 Å². The van der Waals surface area contributed by atoms with Crippen LogP contribution in [-0.4, -0.2) is 19.0 Å². The van der Waals surface area contributed by atoms with E-state index in [4.69, 9.17) is 5.26 Å². The van der Waals surface area contributed by atoms with Gasteiger partial charge in [-0.2, -0.15) is 5.26 Å². The molecule has 1 amide bonds. The van der Waals surface area contributed by atoms with Crippen LogP contribution in [0.4, 0.5) is 14.5 Å². The Morgan fingerprint density at radius 1 is 1.39 bits per heavy atom. The Hall–Kier alpha value is -2.49. The van der Waals surface area contributed by atoms with Crippen LogP contribution in [0.2, 0.25) is 0 Å². The zero-order valence-corrected chi connectivity index (χ0v) is 9.29. The summed E-state index contributed by atoms with van der Waals surface area (Å²) in [6.07, 6.45) is -0.473. The number of hydrogen-bond donors (Lipinski definition) is 1. The third-order valence-corrected chi connectivity index (χ3v) is 1.98. The van der Waals surface area contributed by atoms with Crippen molar-refractivity contribution in [2.45, 2.75) is 6.42 Å². The fourth-order valence-corrected chi connectivity index (χ4v) is 1.20. The molecule has 18 heavy (non-hydrogen) atoms. The van der Waals surface area contributed by atoms with Crippen LogP contribution >= 0.6 is 0 Å². The van der Waals surface area contributed by atoms with Gasteiger partial charge in [0.2, 0.25) is 5.91 Å². The Labute approximate surface area is 101 Å². The van der Waals surface area contributed by atoms with E-state index in [1.165, 1.54) is 0 Å². The smallest absolute Gasteiger partial charge is 0.340 e. The maximum absolute atomic E-state index is 13.0. The van der Waals surface area contributed by atoms with Gasteiger partial charge >= 0.3 is 5.97 Å². The first-order valence-electron chi connectivity index (χ1n) is 4.73. The van der Waals surface area contributed by atoms with Crippen LogP contribution in [0.3, 0.4) is 0 Å². The molecule has 1 aromatic carbocycles. The number of hydrogen-bond acceptors (Lipinski definition) is 4. The minimum atomic E-state index is -1.24. The number of benzene rings is 1. The number of halogens is 2. The number of rotatable bonds is 3. The van der Waals surface area contributed by atoms with Gasteiger partial charge in [-0.3, -0.25) is 4.79 Å². The molecule has 94 valence electrons. The third-order valence-electron chi connectivity index (χ3n) is 1.98. The second kappa shape index (κ2) is 5.72. The number of nitrogens with one attached hydrogen (secondary N) is 1. The predicted octanol–water partition coefficient (Wildman–Crippen LogP) is 1.60. The molecule has 0 saturated heterocycles. The zero-order chi connectivity index (χ0) is 13.7. The summed E-state index contributed by atoms with van der Waals surface area (Å²) in [7, 11) is 1.06. The van der Waals surface area contributed by atoms with Crippen molar-refractivity contribution in [2.24, 2.45) is 0 Å². The number of esters is 1. The van der Waals surface area contributed by atoms with Crippen molar-refractivity contribution in [3.05, 3.63) is 29.3 Å². The van der Waals surface area contributed by atoms with Crippen LogP contribution in [0, 0.1) is 23.0 Å². The third kappa shape index (κ3) is 3.01. The van der Waals surface area contributed by atoms with Crippen molar-refractivity contribution in [3.63, 3.8) is 0 Å². The van der Waals surface area contributed by atoms with Gasteiger partial charge in [0.05, 0.1) is 24.4 Å². The lowest BCUT2D eigenvalue weighted by Gasteiger charge is -2.09. The number of methoxy groups -OCH3 is 1. The molecule has 0 atom stereocenters. The summed E-state index contributed by atoms with van der Waals surface area (Å²) < 4.78 is 30.4. The van der Waals surface area contributed by atoms with Gasteiger partial charge < -0.3 is 10.1 Å². The Kier molecular flexibility index (Phi) is 4.32. The summed E-state index contributed by atoms with van der Waals surface area (Å²) in [6, 6.07) is 2.84. The highest BCUT2D eigenvalue weighted by molar-refractivity contribution is 6.01. The molecule has 0 unspecified atom stereocenters. The number of amides is 1. The van der Waals surface area contributed by atoms with Gasteiger partial charge in [-0.25, -0.2) is 13.6 Å².